The molecule has 0 unspecified atom stereocenters. The zero-order valence-electron chi connectivity index (χ0n) is 8.61. The van der Waals surface area contributed by atoms with Crippen LogP contribution in [0.5, 0.6) is 0 Å². The minimum Gasteiger partial charge on any atom is -0.275 e. The first kappa shape index (κ1) is 9.40. The summed E-state index contributed by atoms with van der Waals surface area (Å²) in [6, 6.07) is 0. The van der Waals surface area contributed by atoms with E-state index in [0.717, 1.165) is 23.4 Å². The van der Waals surface area contributed by atoms with Crippen molar-refractivity contribution in [3.05, 3.63) is 22.3 Å². The number of aryl methyl sites for hydroxylation is 3. The summed E-state index contributed by atoms with van der Waals surface area (Å²) >= 11 is 1.71. The van der Waals surface area contributed by atoms with E-state index in [9.17, 15) is 0 Å². The summed E-state index contributed by atoms with van der Waals surface area (Å²) < 4.78 is 1.83. The van der Waals surface area contributed by atoms with E-state index in [1.165, 1.54) is 5.01 Å². The third-order valence-electron chi connectivity index (χ3n) is 2.14. The normalized spacial score (nSPS) is 10.8. The average Bonchev–Trinajstić information content (AvgIpc) is 2.71. The number of rotatable bonds is 2. The van der Waals surface area contributed by atoms with Crippen molar-refractivity contribution in [2.24, 2.45) is 7.05 Å². The maximum Gasteiger partial charge on any atom is 0.0929 e. The van der Waals surface area contributed by atoms with E-state index in [4.69, 9.17) is 0 Å². The Morgan fingerprint density at radius 2 is 2.29 bits per heavy atom. The topological polar surface area (TPSA) is 30.7 Å². The van der Waals surface area contributed by atoms with E-state index in [-0.39, 0.29) is 0 Å². The standard InChI is InChI=1S/C10H13N3S/c1-4-10-11-9(6-14-10)8-5-13(3)12-7(8)2/h5-6H,4H2,1-3H3. The molecule has 0 aliphatic carbocycles. The van der Waals surface area contributed by atoms with Crippen LogP contribution in [0.1, 0.15) is 17.6 Å². The summed E-state index contributed by atoms with van der Waals surface area (Å²) in [5, 5.41) is 7.59. The predicted molar refractivity (Wildman–Crippen MR) is 58.4 cm³/mol. The van der Waals surface area contributed by atoms with E-state index in [1.54, 1.807) is 11.3 Å². The fourth-order valence-corrected chi connectivity index (χ4v) is 2.19. The lowest BCUT2D eigenvalue weighted by molar-refractivity contribution is 0.756. The Kier molecular flexibility index (Phi) is 2.37. The summed E-state index contributed by atoms with van der Waals surface area (Å²) in [7, 11) is 1.93. The van der Waals surface area contributed by atoms with Crippen molar-refractivity contribution in [3.8, 4) is 11.3 Å². The molecule has 0 aliphatic rings. The van der Waals surface area contributed by atoms with Crippen molar-refractivity contribution >= 4 is 11.3 Å². The molecule has 0 N–H and O–H groups in total. The van der Waals surface area contributed by atoms with Gasteiger partial charge in [-0.05, 0) is 13.3 Å². The van der Waals surface area contributed by atoms with E-state index in [1.807, 2.05) is 24.9 Å². The Morgan fingerprint density at radius 1 is 1.50 bits per heavy atom. The Labute approximate surface area is 87.4 Å². The van der Waals surface area contributed by atoms with Crippen molar-refractivity contribution in [1.29, 1.82) is 0 Å². The predicted octanol–water partition coefficient (Wildman–Crippen LogP) is 2.41. The Bertz CT molecular complexity index is 442. The molecule has 14 heavy (non-hydrogen) atoms. The van der Waals surface area contributed by atoms with Crippen LogP contribution in [0.25, 0.3) is 11.3 Å². The fourth-order valence-electron chi connectivity index (χ4n) is 1.45. The molecule has 0 aliphatic heterocycles. The first-order valence-corrected chi connectivity index (χ1v) is 5.53. The van der Waals surface area contributed by atoms with E-state index in [2.05, 4.69) is 22.4 Å². The maximum atomic E-state index is 4.54. The van der Waals surface area contributed by atoms with Crippen LogP contribution in [0, 0.1) is 6.92 Å². The SMILES string of the molecule is CCc1nc(-c2cn(C)nc2C)cs1. The summed E-state index contributed by atoms with van der Waals surface area (Å²) in [5.74, 6) is 0. The fraction of sp³-hybridized carbons (Fsp3) is 0.400. The van der Waals surface area contributed by atoms with Gasteiger partial charge in [0.05, 0.1) is 16.4 Å². The van der Waals surface area contributed by atoms with Gasteiger partial charge in [0.25, 0.3) is 0 Å². The largest absolute Gasteiger partial charge is 0.275 e. The highest BCUT2D eigenvalue weighted by Gasteiger charge is 2.08. The third-order valence-corrected chi connectivity index (χ3v) is 3.14. The minimum atomic E-state index is 1.00. The maximum absolute atomic E-state index is 4.54. The summed E-state index contributed by atoms with van der Waals surface area (Å²) in [5.41, 5.74) is 3.24. The van der Waals surface area contributed by atoms with Gasteiger partial charge < -0.3 is 0 Å². The molecule has 0 spiro atoms. The van der Waals surface area contributed by atoms with Gasteiger partial charge in [0, 0.05) is 24.2 Å². The lowest BCUT2D eigenvalue weighted by Gasteiger charge is -1.90. The van der Waals surface area contributed by atoms with Gasteiger partial charge in [0.2, 0.25) is 0 Å². The van der Waals surface area contributed by atoms with Gasteiger partial charge in [-0.3, -0.25) is 4.68 Å². The first-order valence-electron chi connectivity index (χ1n) is 4.65. The van der Waals surface area contributed by atoms with Gasteiger partial charge in [0.1, 0.15) is 0 Å². The first-order chi connectivity index (χ1) is 6.70. The molecule has 0 atom stereocenters. The molecule has 0 radical (unpaired) electrons. The molecule has 4 heteroatoms. The van der Waals surface area contributed by atoms with Gasteiger partial charge >= 0.3 is 0 Å². The monoisotopic (exact) mass is 207 g/mol. The molecule has 0 fully saturated rings. The van der Waals surface area contributed by atoms with Crippen molar-refractivity contribution < 1.29 is 0 Å². The lowest BCUT2D eigenvalue weighted by atomic mass is 10.2. The van der Waals surface area contributed by atoms with Crippen molar-refractivity contribution in [3.63, 3.8) is 0 Å². The van der Waals surface area contributed by atoms with Crippen LogP contribution in [0.4, 0.5) is 0 Å². The summed E-state index contributed by atoms with van der Waals surface area (Å²) in [4.78, 5) is 4.54. The number of hydrogen-bond acceptors (Lipinski definition) is 3. The van der Waals surface area contributed by atoms with Gasteiger partial charge in [-0.15, -0.1) is 11.3 Å². The van der Waals surface area contributed by atoms with Crippen LogP contribution in [0.15, 0.2) is 11.6 Å². The van der Waals surface area contributed by atoms with Crippen LogP contribution in [-0.4, -0.2) is 14.8 Å². The second-order valence-corrected chi connectivity index (χ2v) is 4.22. The van der Waals surface area contributed by atoms with Crippen LogP contribution in [-0.2, 0) is 13.5 Å². The molecular formula is C10H13N3S. The Hall–Kier alpha value is -1.16. The van der Waals surface area contributed by atoms with Crippen molar-refractivity contribution in [2.45, 2.75) is 20.3 Å². The van der Waals surface area contributed by atoms with Gasteiger partial charge in [-0.25, -0.2) is 4.98 Å². The summed E-state index contributed by atoms with van der Waals surface area (Å²) in [6.07, 6.45) is 3.02. The number of aromatic nitrogens is 3. The minimum absolute atomic E-state index is 1.00. The number of hydrogen-bond donors (Lipinski definition) is 0. The Morgan fingerprint density at radius 3 is 2.79 bits per heavy atom. The molecule has 3 nitrogen and oxygen atoms in total. The lowest BCUT2D eigenvalue weighted by Crippen LogP contribution is -1.86. The smallest absolute Gasteiger partial charge is 0.0929 e. The second-order valence-electron chi connectivity index (χ2n) is 3.28. The molecule has 0 saturated carbocycles. The molecule has 2 aromatic rings. The highest BCUT2D eigenvalue weighted by Crippen LogP contribution is 2.24. The molecule has 2 rings (SSSR count). The van der Waals surface area contributed by atoms with Crippen LogP contribution in [0.2, 0.25) is 0 Å². The zero-order chi connectivity index (χ0) is 10.1. The van der Waals surface area contributed by atoms with E-state index in [0.29, 0.717) is 0 Å². The number of thiazole rings is 1. The molecule has 0 bridgehead atoms. The summed E-state index contributed by atoms with van der Waals surface area (Å²) in [6.45, 7) is 4.14. The second kappa shape index (κ2) is 3.53. The molecule has 74 valence electrons. The highest BCUT2D eigenvalue weighted by atomic mass is 32.1. The van der Waals surface area contributed by atoms with Crippen molar-refractivity contribution in [2.75, 3.05) is 0 Å². The van der Waals surface area contributed by atoms with Crippen LogP contribution >= 0.6 is 11.3 Å². The van der Waals surface area contributed by atoms with Crippen molar-refractivity contribution in [1.82, 2.24) is 14.8 Å². The van der Waals surface area contributed by atoms with E-state index >= 15 is 0 Å². The van der Waals surface area contributed by atoms with Crippen LogP contribution in [0.3, 0.4) is 0 Å². The van der Waals surface area contributed by atoms with Gasteiger partial charge in [0.15, 0.2) is 0 Å². The quantitative estimate of drug-likeness (QED) is 0.757. The van der Waals surface area contributed by atoms with Gasteiger partial charge in [-0.1, -0.05) is 6.92 Å². The zero-order valence-corrected chi connectivity index (χ0v) is 9.43. The third kappa shape index (κ3) is 1.57. The Balaban J connectivity index is 2.43. The van der Waals surface area contributed by atoms with E-state index < -0.39 is 0 Å². The molecular weight excluding hydrogens is 194 g/mol. The molecule has 2 aromatic heterocycles. The van der Waals surface area contributed by atoms with Gasteiger partial charge in [-0.2, -0.15) is 5.10 Å². The van der Waals surface area contributed by atoms with Crippen LogP contribution < -0.4 is 0 Å². The average molecular weight is 207 g/mol. The molecule has 2 heterocycles. The molecule has 0 saturated heterocycles. The molecule has 0 amide bonds. The molecule has 0 aromatic carbocycles. The number of nitrogens with zero attached hydrogens (tertiary/aromatic N) is 3. The highest BCUT2D eigenvalue weighted by molar-refractivity contribution is 7.09.